The molecular weight excluding hydrogens is 480 g/mol. The molecule has 1 amide bonds. The van der Waals surface area contributed by atoms with E-state index in [0.29, 0.717) is 0 Å². The topological polar surface area (TPSA) is 126 Å². The average Bonchev–Trinajstić information content (AvgIpc) is 2.96. The Bertz CT molecular complexity index is 1170. The maximum atomic E-state index is 12.7. The van der Waals surface area contributed by atoms with E-state index in [0.717, 1.165) is 29.4 Å². The summed E-state index contributed by atoms with van der Waals surface area (Å²) in [4.78, 5) is 15.1. The summed E-state index contributed by atoms with van der Waals surface area (Å²) in [7, 11) is 1.31. The first-order valence-corrected chi connectivity index (χ1v) is 12.7. The van der Waals surface area contributed by atoms with Gasteiger partial charge in [0.1, 0.15) is 37.5 Å². The van der Waals surface area contributed by atoms with Crippen molar-refractivity contribution in [1.29, 1.82) is 5.26 Å². The van der Waals surface area contributed by atoms with Gasteiger partial charge >= 0.3 is 0 Å². The lowest BCUT2D eigenvalue weighted by Crippen LogP contribution is -2.59. The zero-order valence-corrected chi connectivity index (χ0v) is 21.1. The van der Waals surface area contributed by atoms with Crippen LogP contribution >= 0.6 is 12.6 Å². The number of anilines is 1. The molecule has 36 heavy (non-hydrogen) atoms. The monoisotopic (exact) mass is 513 g/mol. The minimum Gasteiger partial charge on any atom is -0.383 e. The highest BCUT2D eigenvalue weighted by molar-refractivity contribution is 7.80. The molecule has 0 spiro atoms. The molecule has 192 valence electrons. The van der Waals surface area contributed by atoms with Crippen LogP contribution in [0.4, 0.5) is 5.69 Å². The number of hydrogen-bond donors (Lipinski definition) is 5. The number of nitriles is 1. The molecular formula is C26H33N4O5S+. The van der Waals surface area contributed by atoms with E-state index in [9.17, 15) is 25.5 Å². The minimum absolute atomic E-state index is 0.0902. The van der Waals surface area contributed by atoms with Crippen molar-refractivity contribution in [1.82, 2.24) is 5.32 Å². The molecule has 2 aliphatic rings. The van der Waals surface area contributed by atoms with Gasteiger partial charge in [0, 0.05) is 25.3 Å². The summed E-state index contributed by atoms with van der Waals surface area (Å²) >= 11 is 4.21. The number of aliphatic hydroxyl groups is 2. The first-order valence-electron chi connectivity index (χ1n) is 12.1. The highest BCUT2D eigenvalue weighted by Crippen LogP contribution is 2.27. The third kappa shape index (κ3) is 5.67. The first-order chi connectivity index (χ1) is 17.2. The van der Waals surface area contributed by atoms with Crippen molar-refractivity contribution in [2.75, 3.05) is 38.2 Å². The maximum absolute atomic E-state index is 12.7. The maximum Gasteiger partial charge on any atom is 0.262 e. The fraction of sp³-hybridized carbons (Fsp3) is 0.462. The van der Waals surface area contributed by atoms with Crippen LogP contribution in [0, 0.1) is 11.3 Å². The van der Waals surface area contributed by atoms with Crippen molar-refractivity contribution < 1.29 is 29.6 Å². The Kier molecular flexibility index (Phi) is 8.20. The summed E-state index contributed by atoms with van der Waals surface area (Å²) < 4.78 is 4.53. The lowest BCUT2D eigenvalue weighted by atomic mass is 10.0. The molecule has 2 aliphatic heterocycles. The average molecular weight is 514 g/mol. The number of carbonyl (C=O) groups is 1. The lowest BCUT2D eigenvalue weighted by molar-refractivity contribution is -1.13. The van der Waals surface area contributed by atoms with Crippen LogP contribution in [0.15, 0.2) is 42.0 Å². The van der Waals surface area contributed by atoms with Crippen LogP contribution in [-0.4, -0.2) is 83.1 Å². The molecule has 10 heteroatoms. The van der Waals surface area contributed by atoms with Crippen LogP contribution in [-0.2, 0) is 9.53 Å². The minimum atomic E-state index is -1.30. The highest BCUT2D eigenvalue weighted by atomic mass is 32.1. The Morgan fingerprint density at radius 1 is 1.22 bits per heavy atom. The number of carbonyl (C=O) groups excluding carboxylic acids is 1. The first kappa shape index (κ1) is 26.4. The van der Waals surface area contributed by atoms with E-state index in [4.69, 9.17) is 4.74 Å². The van der Waals surface area contributed by atoms with Gasteiger partial charge in [0.05, 0.1) is 0 Å². The van der Waals surface area contributed by atoms with Gasteiger partial charge in [-0.05, 0) is 59.9 Å². The van der Waals surface area contributed by atoms with Gasteiger partial charge < -0.3 is 25.2 Å². The number of amides is 1. The number of piperidine rings is 1. The molecule has 5 unspecified atom stereocenters. The van der Waals surface area contributed by atoms with Crippen LogP contribution in [0.3, 0.4) is 0 Å². The van der Waals surface area contributed by atoms with E-state index in [1.54, 1.807) is 0 Å². The van der Waals surface area contributed by atoms with Crippen LogP contribution in [0.25, 0.3) is 16.8 Å². The van der Waals surface area contributed by atoms with E-state index in [2.05, 4.69) is 41.0 Å². The lowest BCUT2D eigenvalue weighted by Gasteiger charge is -2.34. The van der Waals surface area contributed by atoms with Gasteiger partial charge in [-0.3, -0.25) is 4.79 Å². The van der Waals surface area contributed by atoms with Gasteiger partial charge in [-0.2, -0.15) is 5.26 Å². The highest BCUT2D eigenvalue weighted by Gasteiger charge is 2.48. The fourth-order valence-electron chi connectivity index (χ4n) is 4.61. The molecule has 2 aromatic rings. The number of nitrogens with zero attached hydrogens (tertiary/aromatic N) is 3. The number of likely N-dealkylation sites (N-methyl/N-ethyl adjacent to an activating group) is 1. The van der Waals surface area contributed by atoms with Gasteiger partial charge in [0.2, 0.25) is 6.23 Å². The molecule has 2 fully saturated rings. The number of quaternary nitrogens is 1. The number of benzene rings is 2. The van der Waals surface area contributed by atoms with Crippen LogP contribution in [0.5, 0.6) is 0 Å². The Morgan fingerprint density at radius 3 is 2.64 bits per heavy atom. The molecule has 4 N–H and O–H groups in total. The predicted molar refractivity (Wildman–Crippen MR) is 139 cm³/mol. The molecule has 0 aromatic heterocycles. The zero-order chi connectivity index (χ0) is 25.9. The number of rotatable bonds is 5. The smallest absolute Gasteiger partial charge is 0.262 e. The van der Waals surface area contributed by atoms with Crippen molar-refractivity contribution in [3.05, 3.63) is 47.5 Å². The van der Waals surface area contributed by atoms with Crippen LogP contribution in [0.1, 0.15) is 24.8 Å². The Balaban J connectivity index is 1.44. The Hall–Kier alpha value is -2.65. The predicted octanol–water partition coefficient (Wildman–Crippen LogP) is 2.02. The summed E-state index contributed by atoms with van der Waals surface area (Å²) in [6, 6.07) is 14.1. The number of nitrogens with one attached hydrogen (secondary N) is 1. The second kappa shape index (κ2) is 11.2. The van der Waals surface area contributed by atoms with Crippen molar-refractivity contribution in [2.24, 2.45) is 0 Å². The fourth-order valence-corrected chi connectivity index (χ4v) is 4.96. The third-order valence-corrected chi connectivity index (χ3v) is 7.77. The summed E-state index contributed by atoms with van der Waals surface area (Å²) in [5, 5.41) is 44.1. The van der Waals surface area contributed by atoms with Crippen molar-refractivity contribution in [3.63, 3.8) is 0 Å². The molecule has 2 saturated heterocycles. The Morgan fingerprint density at radius 2 is 1.92 bits per heavy atom. The van der Waals surface area contributed by atoms with Gasteiger partial charge in [0.25, 0.3) is 5.91 Å². The van der Waals surface area contributed by atoms with Crippen molar-refractivity contribution >= 4 is 41.1 Å². The third-order valence-electron chi connectivity index (χ3n) is 6.99. The zero-order valence-electron chi connectivity index (χ0n) is 20.2. The summed E-state index contributed by atoms with van der Waals surface area (Å²) in [6.45, 7) is 1.77. The second-order valence-electron chi connectivity index (χ2n) is 9.57. The van der Waals surface area contributed by atoms with Crippen LogP contribution in [0.2, 0.25) is 0 Å². The van der Waals surface area contributed by atoms with Gasteiger partial charge in [-0.1, -0.05) is 18.2 Å². The van der Waals surface area contributed by atoms with Crippen LogP contribution < -0.4 is 10.2 Å². The van der Waals surface area contributed by atoms with E-state index in [-0.39, 0.29) is 18.7 Å². The number of fused-ring (bicyclic) bond motifs is 1. The number of aliphatic hydroxyl groups excluding tert-OH is 2. The molecule has 0 radical (unpaired) electrons. The SMILES string of the molecule is C[N+]1(O)C(O)COC(CNC(=O)C(C#N)=Cc2ccc3cc(N4CCCCC4)ccc3c2)C(O)C1S. The number of ether oxygens (including phenoxy) is 1. The standard InChI is InChI=1S/C26H32N4O5S/c1-30(34)23(31)16-35-22(24(32)26(30)36)15-28-25(33)20(14-27)12-17-5-6-19-13-21(8-7-18(19)11-17)29-9-3-2-4-10-29/h5-8,11-13,22-24,26,31-32,34H,2-4,9-10,15-16H2,1H3,(H-,28,33,36)/p+1. The summed E-state index contributed by atoms with van der Waals surface area (Å²) in [5.41, 5.74) is 1.84. The molecule has 2 aromatic carbocycles. The number of hydroxylamine groups is 3. The molecule has 9 nitrogen and oxygen atoms in total. The van der Waals surface area contributed by atoms with Gasteiger partial charge in [-0.15, -0.1) is 17.3 Å². The van der Waals surface area contributed by atoms with Crippen molar-refractivity contribution in [3.8, 4) is 6.07 Å². The van der Waals surface area contributed by atoms with E-state index in [1.165, 1.54) is 38.1 Å². The largest absolute Gasteiger partial charge is 0.383 e. The second-order valence-corrected chi connectivity index (χ2v) is 10.1. The normalized spacial score (nSPS) is 29.4. The molecule has 4 rings (SSSR count). The van der Waals surface area contributed by atoms with E-state index in [1.807, 2.05) is 24.3 Å². The summed E-state index contributed by atoms with van der Waals surface area (Å²) in [6.07, 6.45) is 1.72. The molecule has 0 aliphatic carbocycles. The van der Waals surface area contributed by atoms with E-state index < -0.39 is 34.4 Å². The number of hydrogen-bond acceptors (Lipinski definition) is 8. The number of thiol groups is 1. The molecule has 2 heterocycles. The summed E-state index contributed by atoms with van der Waals surface area (Å²) in [5.74, 6) is -0.615. The van der Waals surface area contributed by atoms with E-state index >= 15 is 0 Å². The Labute approximate surface area is 216 Å². The van der Waals surface area contributed by atoms with Gasteiger partial charge in [-0.25, -0.2) is 5.21 Å². The molecule has 0 bridgehead atoms. The van der Waals surface area contributed by atoms with Gasteiger partial charge in [0.15, 0.2) is 5.37 Å². The quantitative estimate of drug-likeness (QED) is 0.179. The molecule has 0 saturated carbocycles. The molecule has 5 atom stereocenters. The van der Waals surface area contributed by atoms with Crippen molar-refractivity contribution in [2.45, 2.75) is 43.1 Å².